The maximum absolute atomic E-state index is 13.3. The summed E-state index contributed by atoms with van der Waals surface area (Å²) in [6.45, 7) is 1.25. The Balaban J connectivity index is 1.49. The number of furan rings is 1. The van der Waals surface area contributed by atoms with Crippen LogP contribution in [0.1, 0.15) is 11.3 Å². The first-order valence-electron chi connectivity index (χ1n) is 9.87. The second-order valence-corrected chi connectivity index (χ2v) is 8.28. The van der Waals surface area contributed by atoms with Crippen molar-refractivity contribution in [2.45, 2.75) is 6.92 Å². The lowest BCUT2D eigenvalue weighted by Gasteiger charge is -2.12. The number of aryl methyl sites for hydroxylation is 1. The van der Waals surface area contributed by atoms with Crippen LogP contribution in [-0.4, -0.2) is 33.4 Å². The molecule has 1 N–H and O–H groups in total. The fraction of sp³-hybridized carbons (Fsp3) is 0.0870. The van der Waals surface area contributed by atoms with Crippen molar-refractivity contribution < 1.29 is 28.1 Å². The molecule has 3 aromatic rings. The van der Waals surface area contributed by atoms with Gasteiger partial charge in [-0.3, -0.25) is 29.4 Å². The van der Waals surface area contributed by atoms with Gasteiger partial charge in [-0.2, -0.15) is 0 Å². The third-order valence-electron chi connectivity index (χ3n) is 4.88. The normalized spacial score (nSPS) is 14.6. The predicted molar refractivity (Wildman–Crippen MR) is 123 cm³/mol. The Kier molecular flexibility index (Phi) is 6.28. The first-order valence-corrected chi connectivity index (χ1v) is 10.7. The maximum Gasteiger partial charge on any atom is 0.294 e. The van der Waals surface area contributed by atoms with Crippen molar-refractivity contribution in [1.29, 1.82) is 0 Å². The van der Waals surface area contributed by atoms with Gasteiger partial charge in [0.1, 0.15) is 23.9 Å². The van der Waals surface area contributed by atoms with Crippen molar-refractivity contribution in [1.82, 2.24) is 4.90 Å². The molecule has 0 bridgehead atoms. The molecule has 1 aromatic heterocycles. The minimum absolute atomic E-state index is 0.0558. The van der Waals surface area contributed by atoms with Gasteiger partial charge in [0, 0.05) is 29.5 Å². The summed E-state index contributed by atoms with van der Waals surface area (Å²) < 4.78 is 19.0. The van der Waals surface area contributed by atoms with Crippen LogP contribution in [0.2, 0.25) is 0 Å². The molecule has 1 fully saturated rings. The van der Waals surface area contributed by atoms with E-state index in [2.05, 4.69) is 5.32 Å². The van der Waals surface area contributed by atoms with Crippen molar-refractivity contribution in [3.05, 3.63) is 86.8 Å². The zero-order valence-corrected chi connectivity index (χ0v) is 18.4. The van der Waals surface area contributed by atoms with Gasteiger partial charge >= 0.3 is 0 Å². The first kappa shape index (κ1) is 22.9. The summed E-state index contributed by atoms with van der Waals surface area (Å²) in [6.07, 6.45) is 1.37. The summed E-state index contributed by atoms with van der Waals surface area (Å²) in [4.78, 5) is 48.6. The van der Waals surface area contributed by atoms with Crippen LogP contribution >= 0.6 is 11.8 Å². The molecular formula is C23H16FN3O6S. The minimum atomic E-state index is -0.672. The SMILES string of the molecule is Cc1ccc([N+](=O)[O-])cc1-c1ccc(/C=C2/SC(=O)N(CC(=O)Nc3cccc(F)c3)C2=O)o1. The number of non-ortho nitro benzene ring substituents is 1. The van der Waals surface area contributed by atoms with Crippen molar-refractivity contribution in [3.63, 3.8) is 0 Å². The van der Waals surface area contributed by atoms with Gasteiger partial charge in [0.25, 0.3) is 16.8 Å². The van der Waals surface area contributed by atoms with Crippen molar-refractivity contribution >= 4 is 46.3 Å². The maximum atomic E-state index is 13.3. The Morgan fingerprint density at radius 3 is 2.74 bits per heavy atom. The number of nitro groups is 1. The summed E-state index contributed by atoms with van der Waals surface area (Å²) in [6, 6.07) is 12.8. The van der Waals surface area contributed by atoms with E-state index in [1.807, 2.05) is 0 Å². The number of hydrogen-bond acceptors (Lipinski definition) is 7. The molecule has 11 heteroatoms. The monoisotopic (exact) mass is 481 g/mol. The topological polar surface area (TPSA) is 123 Å². The van der Waals surface area contributed by atoms with E-state index < -0.39 is 34.3 Å². The molecule has 172 valence electrons. The number of nitrogens with zero attached hydrogens (tertiary/aromatic N) is 2. The van der Waals surface area contributed by atoms with E-state index >= 15 is 0 Å². The van der Waals surface area contributed by atoms with E-state index in [4.69, 9.17) is 4.42 Å². The summed E-state index contributed by atoms with van der Waals surface area (Å²) in [5.74, 6) is -1.24. The van der Waals surface area contributed by atoms with E-state index in [-0.39, 0.29) is 22.0 Å². The Morgan fingerprint density at radius 1 is 1.21 bits per heavy atom. The number of anilines is 1. The molecule has 4 rings (SSSR count). The standard InChI is InChI=1S/C23H16FN3O6S/c1-13-5-6-16(27(31)32)10-18(13)19-8-7-17(33-19)11-20-22(29)26(23(30)34-20)12-21(28)25-15-4-2-3-14(24)9-15/h2-11H,12H2,1H3,(H,25,28)/b20-11+. The summed E-state index contributed by atoms with van der Waals surface area (Å²) in [5.41, 5.74) is 1.40. The van der Waals surface area contributed by atoms with Gasteiger partial charge in [-0.15, -0.1) is 0 Å². The lowest BCUT2D eigenvalue weighted by molar-refractivity contribution is -0.384. The Morgan fingerprint density at radius 2 is 2.00 bits per heavy atom. The summed E-state index contributed by atoms with van der Waals surface area (Å²) in [5, 5.41) is 12.9. The third-order valence-corrected chi connectivity index (χ3v) is 5.79. The lowest BCUT2D eigenvalue weighted by Crippen LogP contribution is -2.36. The van der Waals surface area contributed by atoms with Gasteiger partial charge in [-0.05, 0) is 54.6 Å². The lowest BCUT2D eigenvalue weighted by atomic mass is 10.1. The van der Waals surface area contributed by atoms with Gasteiger partial charge in [-0.1, -0.05) is 12.1 Å². The highest BCUT2D eigenvalue weighted by Gasteiger charge is 2.36. The Labute approximate surface area is 196 Å². The number of nitrogens with one attached hydrogen (secondary N) is 1. The molecule has 34 heavy (non-hydrogen) atoms. The second-order valence-electron chi connectivity index (χ2n) is 7.28. The molecule has 0 spiro atoms. The minimum Gasteiger partial charge on any atom is -0.457 e. The van der Waals surface area contributed by atoms with E-state index in [9.17, 15) is 28.9 Å². The number of amides is 3. The highest BCUT2D eigenvalue weighted by atomic mass is 32.2. The molecule has 0 aliphatic carbocycles. The number of carbonyl (C=O) groups is 3. The van der Waals surface area contributed by atoms with Crippen LogP contribution in [0.4, 0.5) is 20.6 Å². The highest BCUT2D eigenvalue weighted by Crippen LogP contribution is 2.34. The molecule has 1 aliphatic rings. The van der Waals surface area contributed by atoms with Gasteiger partial charge in [-0.25, -0.2) is 4.39 Å². The number of imide groups is 1. The van der Waals surface area contributed by atoms with E-state index in [1.54, 1.807) is 25.1 Å². The highest BCUT2D eigenvalue weighted by molar-refractivity contribution is 8.18. The molecule has 3 amide bonds. The number of halogens is 1. The average molecular weight is 481 g/mol. The molecular weight excluding hydrogens is 465 g/mol. The number of benzene rings is 2. The smallest absolute Gasteiger partial charge is 0.294 e. The summed E-state index contributed by atoms with van der Waals surface area (Å²) >= 11 is 0.651. The molecule has 0 unspecified atom stereocenters. The molecule has 2 aromatic carbocycles. The molecule has 0 saturated carbocycles. The number of nitro benzene ring substituents is 1. The Hall–Kier alpha value is -4.25. The van der Waals surface area contributed by atoms with Crippen molar-refractivity contribution in [2.75, 3.05) is 11.9 Å². The zero-order chi connectivity index (χ0) is 24.4. The van der Waals surface area contributed by atoms with E-state index in [0.29, 0.717) is 23.1 Å². The number of carbonyl (C=O) groups excluding carboxylic acids is 3. The molecule has 0 atom stereocenters. The van der Waals surface area contributed by atoms with Crippen LogP contribution in [0.25, 0.3) is 17.4 Å². The van der Waals surface area contributed by atoms with Crippen LogP contribution in [0.3, 0.4) is 0 Å². The van der Waals surface area contributed by atoms with Crippen LogP contribution in [0.5, 0.6) is 0 Å². The molecule has 2 heterocycles. The molecule has 0 radical (unpaired) electrons. The van der Waals surface area contributed by atoms with Gasteiger partial charge in [0.15, 0.2) is 0 Å². The largest absolute Gasteiger partial charge is 0.457 e. The second kappa shape index (κ2) is 9.32. The third kappa shape index (κ3) is 4.89. The quantitative estimate of drug-likeness (QED) is 0.299. The van der Waals surface area contributed by atoms with Crippen LogP contribution < -0.4 is 5.32 Å². The fourth-order valence-electron chi connectivity index (χ4n) is 3.24. The molecule has 1 aliphatic heterocycles. The van der Waals surface area contributed by atoms with Crippen LogP contribution in [0.15, 0.2) is 63.9 Å². The van der Waals surface area contributed by atoms with Crippen LogP contribution in [-0.2, 0) is 9.59 Å². The Bertz CT molecular complexity index is 1370. The first-order chi connectivity index (χ1) is 16.2. The predicted octanol–water partition coefficient (Wildman–Crippen LogP) is 4.98. The van der Waals surface area contributed by atoms with Crippen molar-refractivity contribution in [2.24, 2.45) is 0 Å². The summed E-state index contributed by atoms with van der Waals surface area (Å²) in [7, 11) is 0. The van der Waals surface area contributed by atoms with Gasteiger partial charge in [0.05, 0.1) is 9.83 Å². The van der Waals surface area contributed by atoms with E-state index in [1.165, 1.54) is 36.4 Å². The molecule has 1 saturated heterocycles. The molecule has 9 nitrogen and oxygen atoms in total. The van der Waals surface area contributed by atoms with Crippen molar-refractivity contribution in [3.8, 4) is 11.3 Å². The zero-order valence-electron chi connectivity index (χ0n) is 17.6. The van der Waals surface area contributed by atoms with E-state index in [0.717, 1.165) is 16.5 Å². The average Bonchev–Trinajstić information content (AvgIpc) is 3.34. The number of thioether (sulfide) groups is 1. The number of rotatable bonds is 6. The van der Waals surface area contributed by atoms with Crippen LogP contribution in [0, 0.1) is 22.9 Å². The number of hydrogen-bond donors (Lipinski definition) is 1. The van der Waals surface area contributed by atoms with Gasteiger partial charge < -0.3 is 9.73 Å². The van der Waals surface area contributed by atoms with Gasteiger partial charge in [0.2, 0.25) is 5.91 Å². The fourth-order valence-corrected chi connectivity index (χ4v) is 4.06.